The van der Waals surface area contributed by atoms with Crippen LogP contribution in [0.15, 0.2) is 0 Å². The molecule has 0 fully saturated rings. The maximum atomic E-state index is 11.8. The number of rotatable bonds is 15. The van der Waals surface area contributed by atoms with Crippen LogP contribution in [0, 0.1) is 11.8 Å². The number of halogens is 3. The van der Waals surface area contributed by atoms with E-state index in [1.54, 1.807) is 0 Å². The van der Waals surface area contributed by atoms with Crippen LogP contribution in [0.4, 0.5) is 13.2 Å². The van der Waals surface area contributed by atoms with Gasteiger partial charge in [-0.1, -0.05) is 70.1 Å². The summed E-state index contributed by atoms with van der Waals surface area (Å²) in [5.41, 5.74) is 0. The molecule has 0 aromatic rings. The second-order valence-electron chi connectivity index (χ2n) is 5.99. The lowest BCUT2D eigenvalue weighted by Crippen LogP contribution is -2.01. The third-order valence-corrected chi connectivity index (χ3v) is 3.77. The lowest BCUT2D eigenvalue weighted by molar-refractivity contribution is -0.0697. The molecule has 0 radical (unpaired) electrons. The van der Waals surface area contributed by atoms with Gasteiger partial charge in [-0.05, 0) is 19.8 Å². The maximum absolute atomic E-state index is 11.8. The second-order valence-corrected chi connectivity index (χ2v) is 5.99. The zero-order valence-corrected chi connectivity index (χ0v) is 14.6. The number of unbranched alkanes of at least 4 members (excludes halogenated alkanes) is 12. The van der Waals surface area contributed by atoms with Gasteiger partial charge in [0.05, 0.1) is 0 Å². The fourth-order valence-corrected chi connectivity index (χ4v) is 2.49. The van der Waals surface area contributed by atoms with Gasteiger partial charge >= 0.3 is 6.18 Å². The summed E-state index contributed by atoms with van der Waals surface area (Å²) in [6.07, 6.45) is 10.4. The van der Waals surface area contributed by atoms with E-state index in [-0.39, 0.29) is 0 Å². The van der Waals surface area contributed by atoms with Crippen molar-refractivity contribution in [3.8, 4) is 11.8 Å². The molecule has 0 saturated carbocycles. The Morgan fingerprint density at radius 2 is 1.13 bits per heavy atom. The first-order valence-electron chi connectivity index (χ1n) is 9.20. The summed E-state index contributed by atoms with van der Waals surface area (Å²) in [5, 5.41) is 0. The van der Waals surface area contributed by atoms with Crippen LogP contribution in [0.25, 0.3) is 0 Å². The van der Waals surface area contributed by atoms with E-state index >= 15 is 0 Å². The van der Waals surface area contributed by atoms with Crippen LogP contribution in [0.1, 0.15) is 90.4 Å². The smallest absolute Gasteiger partial charge is 0.382 e. The first kappa shape index (κ1) is 22.3. The SMILES string of the molecule is CCOCCCCCCCCCCCCCCC#CC(F)(F)F. The lowest BCUT2D eigenvalue weighted by atomic mass is 10.0. The van der Waals surface area contributed by atoms with Crippen molar-refractivity contribution in [1.29, 1.82) is 0 Å². The van der Waals surface area contributed by atoms with Crippen molar-refractivity contribution in [2.75, 3.05) is 13.2 Å². The molecular formula is C19H33F3O. The van der Waals surface area contributed by atoms with Crippen molar-refractivity contribution in [2.24, 2.45) is 0 Å². The molecule has 4 heteroatoms. The largest absolute Gasteiger partial charge is 0.457 e. The van der Waals surface area contributed by atoms with E-state index in [2.05, 4.69) is 5.92 Å². The van der Waals surface area contributed by atoms with Gasteiger partial charge in [-0.25, -0.2) is 0 Å². The van der Waals surface area contributed by atoms with Gasteiger partial charge in [-0.2, -0.15) is 13.2 Å². The van der Waals surface area contributed by atoms with Crippen LogP contribution in [0.5, 0.6) is 0 Å². The topological polar surface area (TPSA) is 9.23 Å². The van der Waals surface area contributed by atoms with Crippen LogP contribution in [0.2, 0.25) is 0 Å². The Morgan fingerprint density at radius 1 is 0.696 bits per heavy atom. The van der Waals surface area contributed by atoms with Crippen molar-refractivity contribution < 1.29 is 17.9 Å². The summed E-state index contributed by atoms with van der Waals surface area (Å²) in [7, 11) is 0. The summed E-state index contributed by atoms with van der Waals surface area (Å²) >= 11 is 0. The van der Waals surface area contributed by atoms with Gasteiger partial charge in [0.2, 0.25) is 0 Å². The lowest BCUT2D eigenvalue weighted by Gasteiger charge is -2.03. The molecule has 0 aromatic heterocycles. The van der Waals surface area contributed by atoms with Crippen LogP contribution >= 0.6 is 0 Å². The predicted molar refractivity (Wildman–Crippen MR) is 90.3 cm³/mol. The van der Waals surface area contributed by atoms with Gasteiger partial charge in [0.1, 0.15) is 0 Å². The van der Waals surface area contributed by atoms with Gasteiger partial charge < -0.3 is 4.74 Å². The Labute approximate surface area is 140 Å². The van der Waals surface area contributed by atoms with Crippen molar-refractivity contribution in [1.82, 2.24) is 0 Å². The van der Waals surface area contributed by atoms with E-state index in [4.69, 9.17) is 4.74 Å². The highest BCUT2D eigenvalue weighted by atomic mass is 19.4. The number of hydrogen-bond donors (Lipinski definition) is 0. The van der Waals surface area contributed by atoms with Crippen molar-refractivity contribution in [2.45, 2.75) is 96.6 Å². The second kappa shape index (κ2) is 16.2. The first-order chi connectivity index (χ1) is 11.1. The van der Waals surface area contributed by atoms with Crippen LogP contribution < -0.4 is 0 Å². The zero-order valence-electron chi connectivity index (χ0n) is 14.6. The molecule has 0 atom stereocenters. The Balaban J connectivity index is 3.09. The molecule has 136 valence electrons. The normalized spacial score (nSPS) is 11.3. The van der Waals surface area contributed by atoms with Gasteiger partial charge in [-0.3, -0.25) is 0 Å². The third kappa shape index (κ3) is 21.3. The van der Waals surface area contributed by atoms with E-state index in [9.17, 15) is 13.2 Å². The molecule has 0 rings (SSSR count). The molecule has 0 spiro atoms. The van der Waals surface area contributed by atoms with E-state index < -0.39 is 6.18 Å². The molecule has 0 amide bonds. The van der Waals surface area contributed by atoms with E-state index in [1.165, 1.54) is 63.7 Å². The molecule has 0 unspecified atom stereocenters. The first-order valence-corrected chi connectivity index (χ1v) is 9.20. The molecule has 0 aliphatic heterocycles. The molecule has 0 saturated heterocycles. The molecular weight excluding hydrogens is 301 g/mol. The fraction of sp³-hybridized carbons (Fsp3) is 0.895. The molecule has 23 heavy (non-hydrogen) atoms. The minimum atomic E-state index is -4.33. The quantitative estimate of drug-likeness (QED) is 0.240. The van der Waals surface area contributed by atoms with Crippen molar-refractivity contribution in [3.05, 3.63) is 0 Å². The van der Waals surface area contributed by atoms with E-state index in [0.717, 1.165) is 32.5 Å². The monoisotopic (exact) mass is 334 g/mol. The maximum Gasteiger partial charge on any atom is 0.457 e. The molecule has 0 N–H and O–H groups in total. The number of ether oxygens (including phenoxy) is 1. The Morgan fingerprint density at radius 3 is 1.57 bits per heavy atom. The minimum absolute atomic E-state index is 0.364. The molecule has 0 aromatic carbocycles. The minimum Gasteiger partial charge on any atom is -0.382 e. The Bertz CT molecular complexity index is 302. The van der Waals surface area contributed by atoms with Gasteiger partial charge in [0.25, 0.3) is 0 Å². The zero-order chi connectivity index (χ0) is 17.2. The Hall–Kier alpha value is -0.690. The average Bonchev–Trinajstić information content (AvgIpc) is 2.49. The van der Waals surface area contributed by atoms with E-state index in [1.807, 2.05) is 6.92 Å². The van der Waals surface area contributed by atoms with Crippen molar-refractivity contribution in [3.63, 3.8) is 0 Å². The summed E-state index contributed by atoms with van der Waals surface area (Å²) in [4.78, 5) is 0. The third-order valence-electron chi connectivity index (χ3n) is 3.77. The van der Waals surface area contributed by atoms with Crippen LogP contribution in [-0.4, -0.2) is 19.4 Å². The van der Waals surface area contributed by atoms with Crippen LogP contribution in [0.3, 0.4) is 0 Å². The predicted octanol–water partition coefficient (Wildman–Crippen LogP) is 6.66. The summed E-state index contributed by atoms with van der Waals surface area (Å²) in [5.74, 6) is 3.50. The summed E-state index contributed by atoms with van der Waals surface area (Å²) in [6.45, 7) is 3.75. The number of hydrogen-bond acceptors (Lipinski definition) is 1. The van der Waals surface area contributed by atoms with Crippen LogP contribution in [-0.2, 0) is 4.74 Å². The highest BCUT2D eigenvalue weighted by Crippen LogP contribution is 2.14. The molecule has 0 bridgehead atoms. The summed E-state index contributed by atoms with van der Waals surface area (Å²) < 4.78 is 40.6. The standard InChI is InChI=1S/C19H33F3O/c1-2-23-18-16-14-12-10-8-6-4-3-5-7-9-11-13-15-17-19(20,21)22/h2-14,16,18H2,1H3. The van der Waals surface area contributed by atoms with Crippen molar-refractivity contribution >= 4 is 0 Å². The van der Waals surface area contributed by atoms with Gasteiger partial charge in [-0.15, -0.1) is 0 Å². The highest BCUT2D eigenvalue weighted by molar-refractivity contribution is 5.04. The molecule has 0 aliphatic carbocycles. The fourth-order valence-electron chi connectivity index (χ4n) is 2.49. The average molecular weight is 334 g/mol. The Kier molecular flexibility index (Phi) is 15.7. The van der Waals surface area contributed by atoms with Gasteiger partial charge in [0, 0.05) is 25.6 Å². The van der Waals surface area contributed by atoms with E-state index in [0.29, 0.717) is 6.42 Å². The van der Waals surface area contributed by atoms with Gasteiger partial charge in [0.15, 0.2) is 0 Å². The summed E-state index contributed by atoms with van der Waals surface area (Å²) in [6, 6.07) is 0. The molecule has 1 nitrogen and oxygen atoms in total. The molecule has 0 heterocycles. The number of alkyl halides is 3. The molecule has 0 aliphatic rings. The highest BCUT2D eigenvalue weighted by Gasteiger charge is 2.22.